The minimum atomic E-state index is 0.120. The summed E-state index contributed by atoms with van der Waals surface area (Å²) < 4.78 is 0. The molecule has 0 amide bonds. The van der Waals surface area contributed by atoms with Crippen LogP contribution in [0, 0.1) is 5.92 Å². The number of hydrogen-bond acceptors (Lipinski definition) is 5. The summed E-state index contributed by atoms with van der Waals surface area (Å²) in [6.45, 7) is 4.45. The van der Waals surface area contributed by atoms with Gasteiger partial charge in [0.05, 0.1) is 6.61 Å². The van der Waals surface area contributed by atoms with Gasteiger partial charge in [-0.1, -0.05) is 42.5 Å². The lowest BCUT2D eigenvalue weighted by molar-refractivity contribution is 0.282. The van der Waals surface area contributed by atoms with Gasteiger partial charge >= 0.3 is 0 Å². The van der Waals surface area contributed by atoms with E-state index < -0.39 is 0 Å². The lowest BCUT2D eigenvalue weighted by Crippen LogP contribution is -2.20. The first-order valence-corrected chi connectivity index (χ1v) is 8.86. The van der Waals surface area contributed by atoms with Crippen LogP contribution in [0.3, 0.4) is 0 Å². The maximum atomic E-state index is 9.10. The van der Waals surface area contributed by atoms with Crippen LogP contribution in [0.2, 0.25) is 0 Å². The molecular weight excluding hydrogens is 294 g/mol. The Bertz CT molecular complexity index is 596. The molecule has 0 radical (unpaired) electrons. The smallest absolute Gasteiger partial charge is 0.208 e. The Hall–Kier alpha value is -1.46. The van der Waals surface area contributed by atoms with E-state index in [0.29, 0.717) is 5.92 Å². The third-order valence-corrected chi connectivity index (χ3v) is 5.25. The molecule has 118 valence electrons. The van der Waals surface area contributed by atoms with E-state index in [1.807, 2.05) is 12.1 Å². The first-order chi connectivity index (χ1) is 10.8. The summed E-state index contributed by atoms with van der Waals surface area (Å²) in [5.41, 5.74) is 2.34. The van der Waals surface area contributed by atoms with Crippen molar-refractivity contribution < 1.29 is 5.11 Å². The molecule has 2 aromatic rings. The second kappa shape index (κ2) is 7.20. The van der Waals surface area contributed by atoms with Crippen molar-refractivity contribution in [2.75, 3.05) is 18.0 Å². The highest BCUT2D eigenvalue weighted by molar-refractivity contribution is 7.15. The third-order valence-electron chi connectivity index (χ3n) is 4.21. The largest absolute Gasteiger partial charge is 0.392 e. The second-order valence-corrected chi connectivity index (χ2v) is 7.05. The molecule has 1 unspecified atom stereocenters. The molecule has 22 heavy (non-hydrogen) atoms. The van der Waals surface area contributed by atoms with E-state index in [4.69, 9.17) is 5.11 Å². The molecule has 1 fully saturated rings. The number of aliphatic hydroxyl groups is 1. The fourth-order valence-electron chi connectivity index (χ4n) is 2.97. The van der Waals surface area contributed by atoms with Crippen LogP contribution >= 0.6 is 11.3 Å². The molecule has 5 heteroatoms. The average Bonchev–Trinajstić information content (AvgIpc) is 3.18. The standard InChI is InChI=1S/C17H23N3OS/c1-2-3-16-18-19-17(22-16)20-9-8-15(11-20)10-13-4-6-14(12-21)7-5-13/h4-7,15,21H,2-3,8-12H2,1H3. The van der Waals surface area contributed by atoms with Gasteiger partial charge in [0, 0.05) is 19.5 Å². The van der Waals surface area contributed by atoms with Crippen molar-refractivity contribution in [2.24, 2.45) is 5.92 Å². The normalized spacial score (nSPS) is 18.1. The molecule has 0 bridgehead atoms. The Labute approximate surface area is 135 Å². The van der Waals surface area contributed by atoms with Crippen molar-refractivity contribution >= 4 is 16.5 Å². The van der Waals surface area contributed by atoms with Gasteiger partial charge in [-0.25, -0.2) is 0 Å². The average molecular weight is 317 g/mol. The summed E-state index contributed by atoms with van der Waals surface area (Å²) in [4.78, 5) is 2.38. The number of aryl methyl sites for hydroxylation is 1. The van der Waals surface area contributed by atoms with Crippen molar-refractivity contribution in [3.8, 4) is 0 Å². The Balaban J connectivity index is 1.56. The molecule has 1 aliphatic rings. The summed E-state index contributed by atoms with van der Waals surface area (Å²) in [6, 6.07) is 8.31. The van der Waals surface area contributed by atoms with E-state index in [-0.39, 0.29) is 6.61 Å². The molecule has 0 saturated carbocycles. The van der Waals surface area contributed by atoms with Gasteiger partial charge in [0.1, 0.15) is 5.01 Å². The predicted octanol–water partition coefficient (Wildman–Crippen LogP) is 3.05. The molecule has 0 aliphatic carbocycles. The van der Waals surface area contributed by atoms with E-state index in [9.17, 15) is 0 Å². The first-order valence-electron chi connectivity index (χ1n) is 8.04. The third kappa shape index (κ3) is 3.65. The van der Waals surface area contributed by atoms with Crippen LogP contribution in [0.1, 0.15) is 35.9 Å². The van der Waals surface area contributed by atoms with E-state index >= 15 is 0 Å². The highest BCUT2D eigenvalue weighted by atomic mass is 32.1. The van der Waals surface area contributed by atoms with Crippen LogP contribution < -0.4 is 4.90 Å². The Morgan fingerprint density at radius 3 is 2.73 bits per heavy atom. The molecule has 1 N–H and O–H groups in total. The molecule has 1 atom stereocenters. The lowest BCUT2D eigenvalue weighted by atomic mass is 9.98. The summed E-state index contributed by atoms with van der Waals surface area (Å²) >= 11 is 1.74. The number of nitrogens with zero attached hydrogens (tertiary/aromatic N) is 3. The van der Waals surface area contributed by atoms with E-state index in [1.54, 1.807) is 11.3 Å². The first kappa shape index (κ1) is 15.4. The van der Waals surface area contributed by atoms with Crippen molar-refractivity contribution in [2.45, 2.75) is 39.2 Å². The zero-order valence-electron chi connectivity index (χ0n) is 13.0. The molecule has 4 nitrogen and oxygen atoms in total. The van der Waals surface area contributed by atoms with E-state index in [2.05, 4.69) is 34.2 Å². The molecule has 1 aromatic carbocycles. The Morgan fingerprint density at radius 1 is 1.23 bits per heavy atom. The summed E-state index contributed by atoms with van der Waals surface area (Å²) in [5, 5.41) is 20.0. The number of aromatic nitrogens is 2. The number of rotatable bonds is 6. The number of benzene rings is 1. The fraction of sp³-hybridized carbons (Fsp3) is 0.529. The molecule has 1 saturated heterocycles. The van der Waals surface area contributed by atoms with Crippen LogP contribution in [0.5, 0.6) is 0 Å². The van der Waals surface area contributed by atoms with Gasteiger partial charge in [-0.15, -0.1) is 10.2 Å². The predicted molar refractivity (Wildman–Crippen MR) is 90.3 cm³/mol. The fourth-order valence-corrected chi connectivity index (χ4v) is 3.95. The van der Waals surface area contributed by atoms with Crippen LogP contribution in [0.25, 0.3) is 0 Å². The van der Waals surface area contributed by atoms with Gasteiger partial charge in [-0.05, 0) is 36.3 Å². The SMILES string of the molecule is CCCc1nnc(N2CCC(Cc3ccc(CO)cc3)C2)s1. The molecular formula is C17H23N3OS. The number of anilines is 1. The summed E-state index contributed by atoms with van der Waals surface area (Å²) in [6.07, 6.45) is 4.47. The molecule has 1 aromatic heterocycles. The van der Waals surface area contributed by atoms with Gasteiger partial charge in [0.25, 0.3) is 0 Å². The van der Waals surface area contributed by atoms with Gasteiger partial charge in [-0.2, -0.15) is 0 Å². The van der Waals surface area contributed by atoms with Gasteiger partial charge in [0.2, 0.25) is 5.13 Å². The Kier molecular flexibility index (Phi) is 5.05. The minimum absolute atomic E-state index is 0.120. The van der Waals surface area contributed by atoms with Gasteiger partial charge in [0.15, 0.2) is 0 Å². The lowest BCUT2D eigenvalue weighted by Gasteiger charge is -2.14. The number of hydrogen-bond donors (Lipinski definition) is 1. The molecule has 0 spiro atoms. The van der Waals surface area contributed by atoms with Crippen molar-refractivity contribution in [1.29, 1.82) is 0 Å². The maximum Gasteiger partial charge on any atom is 0.208 e. The summed E-state index contributed by atoms with van der Waals surface area (Å²) in [5.74, 6) is 0.679. The summed E-state index contributed by atoms with van der Waals surface area (Å²) in [7, 11) is 0. The van der Waals surface area contributed by atoms with Crippen LogP contribution in [-0.2, 0) is 19.4 Å². The van der Waals surface area contributed by atoms with E-state index in [1.165, 1.54) is 12.0 Å². The van der Waals surface area contributed by atoms with Crippen molar-refractivity contribution in [3.63, 3.8) is 0 Å². The molecule has 2 heterocycles. The maximum absolute atomic E-state index is 9.10. The van der Waals surface area contributed by atoms with Crippen molar-refractivity contribution in [1.82, 2.24) is 10.2 Å². The molecule has 3 rings (SSSR count). The number of aliphatic hydroxyl groups excluding tert-OH is 1. The van der Waals surface area contributed by atoms with Crippen LogP contribution in [0.15, 0.2) is 24.3 Å². The van der Waals surface area contributed by atoms with Crippen LogP contribution in [-0.4, -0.2) is 28.4 Å². The van der Waals surface area contributed by atoms with Crippen LogP contribution in [0.4, 0.5) is 5.13 Å². The molecule has 1 aliphatic heterocycles. The topological polar surface area (TPSA) is 49.2 Å². The highest BCUT2D eigenvalue weighted by Crippen LogP contribution is 2.28. The monoisotopic (exact) mass is 317 g/mol. The minimum Gasteiger partial charge on any atom is -0.392 e. The van der Waals surface area contributed by atoms with Crippen molar-refractivity contribution in [3.05, 3.63) is 40.4 Å². The van der Waals surface area contributed by atoms with Gasteiger partial charge < -0.3 is 10.0 Å². The zero-order valence-corrected chi connectivity index (χ0v) is 13.9. The Morgan fingerprint density at radius 2 is 2.00 bits per heavy atom. The second-order valence-electron chi connectivity index (χ2n) is 6.01. The van der Waals surface area contributed by atoms with E-state index in [0.717, 1.165) is 48.1 Å². The van der Waals surface area contributed by atoms with Gasteiger partial charge in [-0.3, -0.25) is 0 Å². The zero-order chi connectivity index (χ0) is 15.4. The highest BCUT2D eigenvalue weighted by Gasteiger charge is 2.25. The quantitative estimate of drug-likeness (QED) is 0.889.